The number of halogens is 2. The van der Waals surface area contributed by atoms with Gasteiger partial charge >= 0.3 is 0 Å². The van der Waals surface area contributed by atoms with Gasteiger partial charge in [0.2, 0.25) is 0 Å². The van der Waals surface area contributed by atoms with E-state index in [0.717, 1.165) is 30.0 Å². The summed E-state index contributed by atoms with van der Waals surface area (Å²) in [7, 11) is 4.91. The highest BCUT2D eigenvalue weighted by atomic mass is 127. The van der Waals surface area contributed by atoms with E-state index in [1.54, 1.807) is 21.3 Å². The summed E-state index contributed by atoms with van der Waals surface area (Å²) in [6.07, 6.45) is 0. The predicted octanol–water partition coefficient (Wildman–Crippen LogP) is 4.00. The Morgan fingerprint density at radius 2 is 1.39 bits per heavy atom. The van der Waals surface area contributed by atoms with Crippen LogP contribution in [-0.2, 0) is 11.4 Å². The van der Waals surface area contributed by atoms with Crippen LogP contribution in [0.2, 0.25) is 0 Å². The van der Waals surface area contributed by atoms with E-state index in [1.807, 2.05) is 36.4 Å². The van der Waals surface area contributed by atoms with Gasteiger partial charge in [-0.05, 0) is 63.4 Å². The molecule has 2 aromatic rings. The molecule has 0 heterocycles. The molecule has 0 amide bonds. The summed E-state index contributed by atoms with van der Waals surface area (Å²) in [5.41, 5.74) is 0.965. The average Bonchev–Trinajstić information content (AvgIpc) is 2.55. The van der Waals surface area contributed by atoms with Crippen LogP contribution in [0.5, 0.6) is 17.2 Å². The highest BCUT2D eigenvalue weighted by Gasteiger charge is 2.06. The topological polar surface area (TPSA) is 62.9 Å². The van der Waals surface area contributed by atoms with Gasteiger partial charge in [-0.1, -0.05) is 18.2 Å². The monoisotopic (exact) mass is 543 g/mol. The molecule has 0 saturated heterocycles. The van der Waals surface area contributed by atoms with Crippen LogP contribution in [0.15, 0.2) is 36.4 Å². The maximum atomic E-state index is 5.19. The van der Waals surface area contributed by atoms with Crippen molar-refractivity contribution in [3.8, 4) is 17.2 Å². The van der Waals surface area contributed by atoms with Gasteiger partial charge in [0.15, 0.2) is 11.5 Å². The highest BCUT2D eigenvalue weighted by Crippen LogP contribution is 2.31. The molecule has 5 nitrogen and oxygen atoms in total. The van der Waals surface area contributed by atoms with Crippen LogP contribution in [0.25, 0.3) is 0 Å². The third kappa shape index (κ3) is 5.98. The predicted molar refractivity (Wildman–Crippen MR) is 107 cm³/mol. The summed E-state index contributed by atoms with van der Waals surface area (Å²) >= 11 is 4.41. The zero-order chi connectivity index (χ0) is 17.2. The molecule has 0 atom stereocenters. The second-order valence-corrected chi connectivity index (χ2v) is 6.54. The van der Waals surface area contributed by atoms with Crippen molar-refractivity contribution in [3.63, 3.8) is 0 Å². The van der Waals surface area contributed by atoms with Gasteiger partial charge in [-0.25, -0.2) is 5.90 Å². The molecule has 2 aromatic carbocycles. The van der Waals surface area contributed by atoms with Gasteiger partial charge in [0, 0.05) is 5.56 Å². The Labute approximate surface area is 163 Å². The molecule has 0 radical (unpaired) electrons. The van der Waals surface area contributed by atoms with Gasteiger partial charge in [0.1, 0.15) is 5.75 Å². The zero-order valence-corrected chi connectivity index (χ0v) is 17.5. The number of rotatable bonds is 5. The average molecular weight is 543 g/mol. The lowest BCUT2D eigenvalue weighted by Gasteiger charge is -2.08. The van der Waals surface area contributed by atoms with Crippen molar-refractivity contribution in [1.29, 1.82) is 0 Å². The first-order valence-electron chi connectivity index (χ1n) is 6.58. The summed E-state index contributed by atoms with van der Waals surface area (Å²) in [5.74, 6) is 7.39. The number of para-hydroxylation sites is 2. The van der Waals surface area contributed by atoms with Crippen molar-refractivity contribution in [3.05, 3.63) is 49.1 Å². The van der Waals surface area contributed by atoms with Crippen molar-refractivity contribution < 1.29 is 19.0 Å². The third-order valence-electron chi connectivity index (χ3n) is 2.85. The number of ether oxygens (including phenoxy) is 3. The van der Waals surface area contributed by atoms with E-state index in [0.29, 0.717) is 6.61 Å². The zero-order valence-electron chi connectivity index (χ0n) is 13.1. The molecule has 0 aliphatic rings. The maximum absolute atomic E-state index is 5.19. The molecule has 0 spiro atoms. The van der Waals surface area contributed by atoms with Crippen LogP contribution in [0.3, 0.4) is 0 Å². The molecule has 0 aliphatic heterocycles. The minimum absolute atomic E-state index is 0.375. The summed E-state index contributed by atoms with van der Waals surface area (Å²) in [6.45, 7) is 0.375. The van der Waals surface area contributed by atoms with Crippen molar-refractivity contribution in [2.75, 3.05) is 21.3 Å². The molecule has 23 heavy (non-hydrogen) atoms. The molecule has 0 aromatic heterocycles. The molecule has 7 heteroatoms. The summed E-state index contributed by atoms with van der Waals surface area (Å²) in [6, 6.07) is 11.6. The maximum Gasteiger partial charge on any atom is 0.174 e. The van der Waals surface area contributed by atoms with Gasteiger partial charge in [-0.3, -0.25) is 4.84 Å². The Bertz CT molecular complexity index is 623. The Morgan fingerprint density at radius 3 is 1.87 bits per heavy atom. The van der Waals surface area contributed by atoms with Crippen LogP contribution in [0.4, 0.5) is 0 Å². The summed E-state index contributed by atoms with van der Waals surface area (Å²) < 4.78 is 17.5. The van der Waals surface area contributed by atoms with Gasteiger partial charge in [0.05, 0.1) is 35.1 Å². The van der Waals surface area contributed by atoms with E-state index in [4.69, 9.17) is 20.1 Å². The fraction of sp³-hybridized carbons (Fsp3) is 0.250. The Hall–Kier alpha value is -0.780. The van der Waals surface area contributed by atoms with E-state index < -0.39 is 0 Å². The number of benzene rings is 2. The number of hydrogen-bond donors (Lipinski definition) is 1. The van der Waals surface area contributed by atoms with Crippen molar-refractivity contribution >= 4 is 45.2 Å². The lowest BCUT2D eigenvalue weighted by molar-refractivity contribution is 0.122. The minimum Gasteiger partial charge on any atom is -0.495 e. The summed E-state index contributed by atoms with van der Waals surface area (Å²) in [5, 5.41) is 0. The first-order chi connectivity index (χ1) is 11.1. The third-order valence-corrected chi connectivity index (χ3v) is 4.55. The SMILES string of the molecule is COc1c(I)cccc1CON.COc1cccc(I)c1OC. The fourth-order valence-electron chi connectivity index (χ4n) is 1.83. The van der Waals surface area contributed by atoms with E-state index in [2.05, 4.69) is 50.0 Å². The number of nitrogens with two attached hydrogens (primary N) is 1. The lowest BCUT2D eigenvalue weighted by atomic mass is 10.2. The first-order valence-corrected chi connectivity index (χ1v) is 8.74. The fourth-order valence-corrected chi connectivity index (χ4v) is 3.30. The van der Waals surface area contributed by atoms with Crippen LogP contribution in [0.1, 0.15) is 5.56 Å². The molecular weight excluding hydrogens is 524 g/mol. The second-order valence-electron chi connectivity index (χ2n) is 4.22. The van der Waals surface area contributed by atoms with Gasteiger partial charge < -0.3 is 14.2 Å². The smallest absolute Gasteiger partial charge is 0.174 e. The van der Waals surface area contributed by atoms with Crippen LogP contribution in [0, 0.1) is 7.14 Å². The van der Waals surface area contributed by atoms with E-state index in [9.17, 15) is 0 Å². The lowest BCUT2D eigenvalue weighted by Crippen LogP contribution is -2.01. The molecule has 0 bridgehead atoms. The Balaban J connectivity index is 0.000000231. The highest BCUT2D eigenvalue weighted by molar-refractivity contribution is 14.1. The van der Waals surface area contributed by atoms with E-state index in [1.165, 1.54) is 0 Å². The van der Waals surface area contributed by atoms with E-state index in [-0.39, 0.29) is 0 Å². The Kier molecular flexibility index (Phi) is 9.60. The van der Waals surface area contributed by atoms with Gasteiger partial charge in [0.25, 0.3) is 0 Å². The molecular formula is C16H19I2NO4. The standard InChI is InChI=1S/C8H10INO2.C8H9IO2/c1-11-8-6(5-12-10)3-2-4-7(8)9;1-10-7-5-3-4-6(9)8(7)11-2/h2-4H,5,10H2,1H3;3-5H,1-2H3. The second kappa shape index (κ2) is 10.9. The minimum atomic E-state index is 0.375. The molecule has 0 unspecified atom stereocenters. The number of methoxy groups -OCH3 is 3. The van der Waals surface area contributed by atoms with Crippen molar-refractivity contribution in [2.45, 2.75) is 6.61 Å². The quantitative estimate of drug-likeness (QED) is 0.457. The van der Waals surface area contributed by atoms with Crippen LogP contribution >= 0.6 is 45.2 Å². The summed E-state index contributed by atoms with van der Waals surface area (Å²) in [4.78, 5) is 4.54. The van der Waals surface area contributed by atoms with Crippen LogP contribution < -0.4 is 20.1 Å². The van der Waals surface area contributed by atoms with Gasteiger partial charge in [-0.2, -0.15) is 0 Å². The van der Waals surface area contributed by atoms with Gasteiger partial charge in [-0.15, -0.1) is 0 Å². The Morgan fingerprint density at radius 1 is 0.826 bits per heavy atom. The molecule has 2 N–H and O–H groups in total. The molecule has 0 aliphatic carbocycles. The normalized spacial score (nSPS) is 9.65. The van der Waals surface area contributed by atoms with Crippen molar-refractivity contribution in [1.82, 2.24) is 0 Å². The van der Waals surface area contributed by atoms with Crippen molar-refractivity contribution in [2.24, 2.45) is 5.90 Å². The van der Waals surface area contributed by atoms with E-state index >= 15 is 0 Å². The molecule has 126 valence electrons. The molecule has 0 saturated carbocycles. The molecule has 0 fully saturated rings. The van der Waals surface area contributed by atoms with Crippen LogP contribution in [-0.4, -0.2) is 21.3 Å². The first kappa shape index (κ1) is 20.3. The molecule has 2 rings (SSSR count). The number of hydrogen-bond acceptors (Lipinski definition) is 5. The largest absolute Gasteiger partial charge is 0.495 e.